The van der Waals surface area contributed by atoms with Gasteiger partial charge in [-0.25, -0.2) is 4.79 Å². The number of methoxy groups -OCH3 is 2. The van der Waals surface area contributed by atoms with Crippen LogP contribution in [-0.4, -0.2) is 41.7 Å². The van der Waals surface area contributed by atoms with Gasteiger partial charge in [0.05, 0.1) is 32.2 Å². The van der Waals surface area contributed by atoms with Gasteiger partial charge in [-0.2, -0.15) is 5.10 Å². The number of hydrogen-bond donors (Lipinski definition) is 1. The lowest BCUT2D eigenvalue weighted by molar-refractivity contribution is -0.139. The minimum absolute atomic E-state index is 0.120. The van der Waals surface area contributed by atoms with E-state index in [9.17, 15) is 9.90 Å². The van der Waals surface area contributed by atoms with Gasteiger partial charge in [0.1, 0.15) is 5.75 Å². The number of aromatic nitrogens is 2. The third-order valence-corrected chi connectivity index (χ3v) is 6.11. The minimum Gasteiger partial charge on any atom is -0.493 e. The fourth-order valence-corrected chi connectivity index (χ4v) is 4.19. The Bertz CT molecular complexity index is 1390. The lowest BCUT2D eigenvalue weighted by atomic mass is 9.85. The number of rotatable bonds is 9. The molecule has 0 saturated heterocycles. The zero-order chi connectivity index (χ0) is 26.6. The summed E-state index contributed by atoms with van der Waals surface area (Å²) in [5.74, 6) is 0.650. The van der Waals surface area contributed by atoms with Crippen LogP contribution in [-0.2, 0) is 16.8 Å². The fourth-order valence-electron chi connectivity index (χ4n) is 4.19. The zero-order valence-electron chi connectivity index (χ0n) is 21.8. The third kappa shape index (κ3) is 5.77. The second kappa shape index (κ2) is 10.8. The van der Waals surface area contributed by atoms with Gasteiger partial charge in [0, 0.05) is 11.1 Å². The molecule has 0 spiro atoms. The minimum atomic E-state index is -1.04. The van der Waals surface area contributed by atoms with Gasteiger partial charge in [-0.15, -0.1) is 0 Å². The molecule has 0 aliphatic carbocycles. The van der Waals surface area contributed by atoms with Crippen molar-refractivity contribution in [2.75, 3.05) is 20.8 Å². The van der Waals surface area contributed by atoms with Gasteiger partial charge < -0.3 is 19.3 Å². The molecule has 0 fully saturated rings. The molecular formula is C30H32N2O5. The lowest BCUT2D eigenvalue weighted by Crippen LogP contribution is -2.13. The van der Waals surface area contributed by atoms with Crippen LogP contribution in [0.2, 0.25) is 0 Å². The van der Waals surface area contributed by atoms with Crippen LogP contribution in [0.4, 0.5) is 0 Å². The van der Waals surface area contributed by atoms with Gasteiger partial charge in [0.25, 0.3) is 0 Å². The summed E-state index contributed by atoms with van der Waals surface area (Å²) in [6, 6.07) is 23.6. The monoisotopic (exact) mass is 500 g/mol. The molecule has 0 unspecified atom stereocenters. The molecule has 0 amide bonds. The van der Waals surface area contributed by atoms with E-state index in [0.717, 1.165) is 27.9 Å². The van der Waals surface area contributed by atoms with Crippen LogP contribution >= 0.6 is 0 Å². The van der Waals surface area contributed by atoms with Crippen LogP contribution < -0.4 is 14.2 Å². The van der Waals surface area contributed by atoms with Crippen molar-refractivity contribution >= 4 is 5.97 Å². The molecule has 4 aromatic rings. The average Bonchev–Trinajstić information content (AvgIpc) is 3.30. The molecule has 0 atom stereocenters. The Morgan fingerprint density at radius 2 is 1.65 bits per heavy atom. The number of carbonyl (C=O) groups is 1. The summed E-state index contributed by atoms with van der Waals surface area (Å²) in [5.41, 5.74) is 5.11. The van der Waals surface area contributed by atoms with E-state index in [2.05, 4.69) is 32.9 Å². The Morgan fingerprint density at radius 3 is 2.30 bits per heavy atom. The molecule has 1 N–H and O–H groups in total. The maximum atomic E-state index is 11.3. The summed E-state index contributed by atoms with van der Waals surface area (Å²) in [7, 11) is 3.23. The highest BCUT2D eigenvalue weighted by atomic mass is 16.5. The molecule has 0 saturated carbocycles. The summed E-state index contributed by atoms with van der Waals surface area (Å²) in [6.45, 7) is 6.48. The van der Waals surface area contributed by atoms with Crippen LogP contribution in [0.25, 0.3) is 22.5 Å². The quantitative estimate of drug-likeness (QED) is 0.302. The largest absolute Gasteiger partial charge is 0.493 e. The van der Waals surface area contributed by atoms with Crippen LogP contribution in [0, 0.1) is 0 Å². The number of carboxylic acids is 1. The van der Waals surface area contributed by atoms with E-state index < -0.39 is 12.6 Å². The second-order valence-corrected chi connectivity index (χ2v) is 9.74. The highest BCUT2D eigenvalue weighted by Crippen LogP contribution is 2.41. The number of para-hydroxylation sites is 1. The van der Waals surface area contributed by atoms with Gasteiger partial charge >= 0.3 is 5.97 Å². The van der Waals surface area contributed by atoms with Gasteiger partial charge in [0.2, 0.25) is 0 Å². The van der Waals surface area contributed by atoms with Crippen molar-refractivity contribution in [1.82, 2.24) is 9.78 Å². The Balaban J connectivity index is 1.92. The summed E-state index contributed by atoms with van der Waals surface area (Å²) in [4.78, 5) is 11.3. The van der Waals surface area contributed by atoms with Crippen molar-refractivity contribution in [3.05, 3.63) is 83.9 Å². The zero-order valence-corrected chi connectivity index (χ0v) is 21.8. The number of ether oxygens (including phenoxy) is 3. The van der Waals surface area contributed by atoms with Gasteiger partial charge in [-0.3, -0.25) is 4.68 Å². The molecule has 0 bridgehead atoms. The van der Waals surface area contributed by atoms with Gasteiger partial charge in [-0.1, -0.05) is 63.2 Å². The van der Waals surface area contributed by atoms with Crippen molar-refractivity contribution in [2.45, 2.75) is 32.7 Å². The Kier molecular flexibility index (Phi) is 7.53. The molecule has 192 valence electrons. The number of carboxylic acid groups (broad SMARTS) is 1. The molecule has 3 aromatic carbocycles. The highest BCUT2D eigenvalue weighted by molar-refractivity contribution is 5.78. The number of benzene rings is 3. The summed E-state index contributed by atoms with van der Waals surface area (Å²) < 4.78 is 18.9. The van der Waals surface area contributed by atoms with E-state index in [1.54, 1.807) is 14.2 Å². The van der Waals surface area contributed by atoms with Crippen molar-refractivity contribution in [2.24, 2.45) is 0 Å². The van der Waals surface area contributed by atoms with Crippen LogP contribution in [0.5, 0.6) is 17.2 Å². The van der Waals surface area contributed by atoms with Crippen LogP contribution in [0.15, 0.2) is 72.8 Å². The first-order chi connectivity index (χ1) is 17.7. The van der Waals surface area contributed by atoms with Gasteiger partial charge in [-0.05, 0) is 46.9 Å². The maximum Gasteiger partial charge on any atom is 0.341 e. The Hall–Kier alpha value is -4.26. The molecule has 0 aliphatic rings. The summed E-state index contributed by atoms with van der Waals surface area (Å²) in [5, 5.41) is 14.2. The second-order valence-electron chi connectivity index (χ2n) is 9.74. The van der Waals surface area contributed by atoms with E-state index in [1.165, 1.54) is 0 Å². The first-order valence-corrected chi connectivity index (χ1v) is 12.0. The third-order valence-electron chi connectivity index (χ3n) is 6.11. The average molecular weight is 501 g/mol. The van der Waals surface area contributed by atoms with Crippen LogP contribution in [0.1, 0.15) is 31.9 Å². The van der Waals surface area contributed by atoms with Crippen molar-refractivity contribution < 1.29 is 24.1 Å². The molecule has 7 heteroatoms. The van der Waals surface area contributed by atoms with Crippen molar-refractivity contribution in [3.63, 3.8) is 0 Å². The predicted molar refractivity (Wildman–Crippen MR) is 144 cm³/mol. The molecular weight excluding hydrogens is 468 g/mol. The fraction of sp³-hybridized carbons (Fsp3) is 0.267. The molecule has 0 radical (unpaired) electrons. The summed E-state index contributed by atoms with van der Waals surface area (Å²) >= 11 is 0. The van der Waals surface area contributed by atoms with E-state index in [0.29, 0.717) is 29.5 Å². The van der Waals surface area contributed by atoms with Crippen molar-refractivity contribution in [3.8, 4) is 39.8 Å². The van der Waals surface area contributed by atoms with E-state index in [-0.39, 0.29) is 5.41 Å². The molecule has 7 nitrogen and oxygen atoms in total. The number of hydrogen-bond acceptors (Lipinski definition) is 5. The number of aliphatic carboxylic acids is 1. The standard InChI is InChI=1S/C30H32N2O5/c1-30(2,3)21-14-15-26(37-19-28(33)34)23(16-21)24-17-25(22-12-9-13-27(35-4)29(22)36-5)32(31-24)18-20-10-7-6-8-11-20/h6-17H,18-19H2,1-5H3,(H,33,34). The predicted octanol–water partition coefficient (Wildman–Crippen LogP) is 6.04. The first kappa shape index (κ1) is 25.8. The Labute approximate surface area is 217 Å². The van der Waals surface area contributed by atoms with Crippen LogP contribution in [0.3, 0.4) is 0 Å². The lowest BCUT2D eigenvalue weighted by Gasteiger charge is -2.21. The maximum absolute atomic E-state index is 11.3. The molecule has 1 aromatic heterocycles. The van der Waals surface area contributed by atoms with Crippen molar-refractivity contribution in [1.29, 1.82) is 0 Å². The molecule has 1 heterocycles. The Morgan fingerprint density at radius 1 is 0.892 bits per heavy atom. The highest BCUT2D eigenvalue weighted by Gasteiger charge is 2.22. The summed E-state index contributed by atoms with van der Waals surface area (Å²) in [6.07, 6.45) is 0. The van der Waals surface area contributed by atoms with Gasteiger partial charge in [0.15, 0.2) is 18.1 Å². The molecule has 0 aliphatic heterocycles. The first-order valence-electron chi connectivity index (χ1n) is 12.0. The van der Waals surface area contributed by atoms with E-state index >= 15 is 0 Å². The topological polar surface area (TPSA) is 82.8 Å². The van der Waals surface area contributed by atoms with E-state index in [1.807, 2.05) is 65.3 Å². The molecule has 37 heavy (non-hydrogen) atoms. The van der Waals surface area contributed by atoms with E-state index in [4.69, 9.17) is 19.3 Å². The normalized spacial score (nSPS) is 11.3. The SMILES string of the molecule is COc1cccc(-c2cc(-c3cc(C(C)(C)C)ccc3OCC(=O)O)nn2Cc2ccccc2)c1OC. The molecule has 4 rings (SSSR count). The number of nitrogens with zero attached hydrogens (tertiary/aromatic N) is 2. The smallest absolute Gasteiger partial charge is 0.341 e.